The van der Waals surface area contributed by atoms with Gasteiger partial charge in [0.1, 0.15) is 11.6 Å². The van der Waals surface area contributed by atoms with Crippen molar-refractivity contribution >= 4 is 17.3 Å². The Morgan fingerprint density at radius 1 is 1.44 bits per heavy atom. The maximum Gasteiger partial charge on any atom is 0.149 e. The molecule has 0 unspecified atom stereocenters. The summed E-state index contributed by atoms with van der Waals surface area (Å²) in [5, 5.41) is 8.60. The number of hydrogen-bond donors (Lipinski definition) is 2. The fourth-order valence-corrected chi connectivity index (χ4v) is 1.44. The Bertz CT molecular complexity index is 394. The standard InChI is InChI=1S/C11H17N5/c1-8(2)16(7-3-6-12)10-5-4-9(13)11(14)15-10/h4-5,8H,3,7,13H2,1-2H3,(H2,14,15). The molecule has 1 aromatic heterocycles. The zero-order valence-electron chi connectivity index (χ0n) is 9.64. The van der Waals surface area contributed by atoms with Gasteiger partial charge in [0.15, 0.2) is 0 Å². The number of nitrogens with two attached hydrogens (primary N) is 2. The largest absolute Gasteiger partial charge is 0.396 e. The summed E-state index contributed by atoms with van der Waals surface area (Å²) in [4.78, 5) is 6.24. The summed E-state index contributed by atoms with van der Waals surface area (Å²) in [6, 6.07) is 5.95. The van der Waals surface area contributed by atoms with Crippen LogP contribution in [-0.4, -0.2) is 17.6 Å². The van der Waals surface area contributed by atoms with Gasteiger partial charge in [0, 0.05) is 12.6 Å². The Morgan fingerprint density at radius 3 is 2.62 bits per heavy atom. The molecular weight excluding hydrogens is 202 g/mol. The minimum atomic E-state index is 0.267. The third-order valence-electron chi connectivity index (χ3n) is 2.32. The van der Waals surface area contributed by atoms with E-state index in [-0.39, 0.29) is 6.04 Å². The molecule has 1 heterocycles. The van der Waals surface area contributed by atoms with Crippen molar-refractivity contribution in [1.82, 2.24) is 4.98 Å². The Hall–Kier alpha value is -1.96. The number of hydrogen-bond acceptors (Lipinski definition) is 5. The molecule has 86 valence electrons. The van der Waals surface area contributed by atoms with E-state index < -0.39 is 0 Å². The van der Waals surface area contributed by atoms with Crippen LogP contribution >= 0.6 is 0 Å². The van der Waals surface area contributed by atoms with E-state index in [1.54, 1.807) is 6.07 Å². The van der Waals surface area contributed by atoms with Crippen molar-refractivity contribution in [3.05, 3.63) is 12.1 Å². The fraction of sp³-hybridized carbons (Fsp3) is 0.455. The number of nitrogens with zero attached hydrogens (tertiary/aromatic N) is 3. The minimum absolute atomic E-state index is 0.267. The Kier molecular flexibility index (Phi) is 3.95. The quantitative estimate of drug-likeness (QED) is 0.798. The first kappa shape index (κ1) is 12.1. The van der Waals surface area contributed by atoms with Crippen molar-refractivity contribution in [2.75, 3.05) is 22.9 Å². The van der Waals surface area contributed by atoms with E-state index in [0.717, 1.165) is 5.82 Å². The molecule has 0 bridgehead atoms. The zero-order chi connectivity index (χ0) is 12.1. The highest BCUT2D eigenvalue weighted by Crippen LogP contribution is 2.20. The number of nitriles is 1. The third kappa shape index (κ3) is 2.76. The van der Waals surface area contributed by atoms with Gasteiger partial charge in [-0.1, -0.05) is 0 Å². The predicted molar refractivity (Wildman–Crippen MR) is 65.8 cm³/mol. The second kappa shape index (κ2) is 5.21. The maximum absolute atomic E-state index is 8.60. The molecule has 0 atom stereocenters. The van der Waals surface area contributed by atoms with Crippen LogP contribution in [0.1, 0.15) is 20.3 Å². The number of nitrogen functional groups attached to an aromatic ring is 2. The SMILES string of the molecule is CC(C)N(CCC#N)c1ccc(N)c(N)n1. The number of pyridine rings is 1. The van der Waals surface area contributed by atoms with Crippen molar-refractivity contribution in [2.24, 2.45) is 0 Å². The summed E-state index contributed by atoms with van der Waals surface area (Å²) in [6.07, 6.45) is 0.462. The van der Waals surface area contributed by atoms with Gasteiger partial charge >= 0.3 is 0 Å². The van der Waals surface area contributed by atoms with Crippen LogP contribution in [0.3, 0.4) is 0 Å². The van der Waals surface area contributed by atoms with Crippen LogP contribution in [0, 0.1) is 11.3 Å². The highest BCUT2D eigenvalue weighted by molar-refractivity contribution is 5.62. The van der Waals surface area contributed by atoms with Gasteiger partial charge in [-0.25, -0.2) is 4.98 Å². The smallest absolute Gasteiger partial charge is 0.149 e. The molecule has 0 spiro atoms. The highest BCUT2D eigenvalue weighted by atomic mass is 15.2. The Labute approximate surface area is 95.7 Å². The van der Waals surface area contributed by atoms with Gasteiger partial charge in [0.25, 0.3) is 0 Å². The van der Waals surface area contributed by atoms with Gasteiger partial charge < -0.3 is 16.4 Å². The van der Waals surface area contributed by atoms with Crippen LogP contribution in [0.4, 0.5) is 17.3 Å². The van der Waals surface area contributed by atoms with E-state index in [0.29, 0.717) is 24.5 Å². The number of anilines is 3. The summed E-state index contributed by atoms with van der Waals surface area (Å²) >= 11 is 0. The van der Waals surface area contributed by atoms with Crippen LogP contribution in [0.15, 0.2) is 12.1 Å². The van der Waals surface area contributed by atoms with E-state index in [9.17, 15) is 0 Å². The van der Waals surface area contributed by atoms with Crippen LogP contribution in [-0.2, 0) is 0 Å². The first-order valence-corrected chi connectivity index (χ1v) is 5.22. The number of aromatic nitrogens is 1. The van der Waals surface area contributed by atoms with Gasteiger partial charge in [0.05, 0.1) is 18.2 Å². The van der Waals surface area contributed by atoms with Crippen molar-refractivity contribution < 1.29 is 0 Å². The van der Waals surface area contributed by atoms with Crippen molar-refractivity contribution in [3.63, 3.8) is 0 Å². The molecule has 4 N–H and O–H groups in total. The highest BCUT2D eigenvalue weighted by Gasteiger charge is 2.12. The Balaban J connectivity index is 2.93. The molecule has 0 amide bonds. The number of rotatable bonds is 4. The molecule has 1 aromatic rings. The van der Waals surface area contributed by atoms with Crippen molar-refractivity contribution in [3.8, 4) is 6.07 Å². The van der Waals surface area contributed by atoms with Crippen molar-refractivity contribution in [1.29, 1.82) is 5.26 Å². The minimum Gasteiger partial charge on any atom is -0.396 e. The summed E-state index contributed by atoms with van der Waals surface area (Å²) in [5.74, 6) is 1.09. The Morgan fingerprint density at radius 2 is 2.12 bits per heavy atom. The second-order valence-electron chi connectivity index (χ2n) is 3.84. The van der Waals surface area contributed by atoms with E-state index >= 15 is 0 Å². The molecule has 5 heteroatoms. The van der Waals surface area contributed by atoms with Gasteiger partial charge in [-0.2, -0.15) is 5.26 Å². The second-order valence-corrected chi connectivity index (χ2v) is 3.84. The third-order valence-corrected chi connectivity index (χ3v) is 2.32. The van der Waals surface area contributed by atoms with Gasteiger partial charge in [0.2, 0.25) is 0 Å². The molecule has 0 aliphatic heterocycles. The van der Waals surface area contributed by atoms with E-state index in [4.69, 9.17) is 16.7 Å². The molecule has 0 aliphatic rings. The average molecular weight is 219 g/mol. The summed E-state index contributed by atoms with van der Waals surface area (Å²) in [5.41, 5.74) is 11.7. The molecule has 0 radical (unpaired) electrons. The molecule has 0 fully saturated rings. The predicted octanol–water partition coefficient (Wildman–Crippen LogP) is 1.37. The van der Waals surface area contributed by atoms with Gasteiger partial charge in [-0.3, -0.25) is 0 Å². The molecule has 5 nitrogen and oxygen atoms in total. The van der Waals surface area contributed by atoms with Gasteiger partial charge in [-0.05, 0) is 26.0 Å². The average Bonchev–Trinajstić information content (AvgIpc) is 2.23. The monoisotopic (exact) mass is 219 g/mol. The molecule has 0 aliphatic carbocycles. The summed E-state index contributed by atoms with van der Waals surface area (Å²) < 4.78 is 0. The lowest BCUT2D eigenvalue weighted by molar-refractivity contribution is 0.677. The first-order chi connectivity index (χ1) is 7.56. The normalized spacial score (nSPS) is 10.1. The summed E-state index contributed by atoms with van der Waals surface area (Å²) in [6.45, 7) is 4.74. The van der Waals surface area contributed by atoms with E-state index in [1.807, 2.05) is 24.8 Å². The molecular formula is C11H17N5. The van der Waals surface area contributed by atoms with Crippen LogP contribution < -0.4 is 16.4 Å². The topological polar surface area (TPSA) is 92.0 Å². The molecule has 0 saturated heterocycles. The van der Waals surface area contributed by atoms with Crippen LogP contribution in [0.25, 0.3) is 0 Å². The zero-order valence-corrected chi connectivity index (χ0v) is 9.64. The van der Waals surface area contributed by atoms with E-state index in [2.05, 4.69) is 11.1 Å². The molecule has 1 rings (SSSR count). The summed E-state index contributed by atoms with van der Waals surface area (Å²) in [7, 11) is 0. The van der Waals surface area contributed by atoms with Gasteiger partial charge in [-0.15, -0.1) is 0 Å². The first-order valence-electron chi connectivity index (χ1n) is 5.22. The van der Waals surface area contributed by atoms with E-state index in [1.165, 1.54) is 0 Å². The molecule has 0 saturated carbocycles. The van der Waals surface area contributed by atoms with Crippen LogP contribution in [0.5, 0.6) is 0 Å². The fourth-order valence-electron chi connectivity index (χ4n) is 1.44. The molecule has 0 aromatic carbocycles. The molecule has 16 heavy (non-hydrogen) atoms. The lowest BCUT2D eigenvalue weighted by Gasteiger charge is -2.27. The van der Waals surface area contributed by atoms with Crippen molar-refractivity contribution in [2.45, 2.75) is 26.3 Å². The maximum atomic E-state index is 8.60. The lowest BCUT2D eigenvalue weighted by Crippen LogP contribution is -2.32. The lowest BCUT2D eigenvalue weighted by atomic mass is 10.2. The van der Waals surface area contributed by atoms with Crippen LogP contribution in [0.2, 0.25) is 0 Å².